The molecule has 0 saturated heterocycles. The predicted octanol–water partition coefficient (Wildman–Crippen LogP) is 4.61. The molecule has 2 aromatic rings. The van der Waals surface area contributed by atoms with Crippen LogP contribution >= 0.6 is 0 Å². The Balaban J connectivity index is 0.000000523. The van der Waals surface area contributed by atoms with E-state index in [9.17, 15) is 8.42 Å². The van der Waals surface area contributed by atoms with Crippen LogP contribution < -0.4 is 29.6 Å². The van der Waals surface area contributed by atoms with Gasteiger partial charge in [0.25, 0.3) is 10.1 Å². The van der Waals surface area contributed by atoms with Crippen LogP contribution in [0.4, 0.5) is 0 Å². The van der Waals surface area contributed by atoms with E-state index in [4.69, 9.17) is 4.55 Å². The molecule has 5 heteroatoms. The van der Waals surface area contributed by atoms with Crippen molar-refractivity contribution in [2.75, 3.05) is 0 Å². The first-order valence-corrected chi connectivity index (χ1v) is 12.2. The number of fused-ring (bicyclic) bond motifs is 1. The van der Waals surface area contributed by atoms with Gasteiger partial charge in [-0.05, 0) is 11.5 Å². The van der Waals surface area contributed by atoms with Gasteiger partial charge in [0.2, 0.25) is 0 Å². The van der Waals surface area contributed by atoms with Crippen LogP contribution in [0, 0.1) is 6.92 Å². The SMILES string of the molecule is O=S(=O)(O)c1cccc2ccccc12.[CH2-]CCCCCCCCCCCCC.[Na+]. The van der Waals surface area contributed by atoms with Crippen molar-refractivity contribution in [2.45, 2.75) is 88.9 Å². The predicted molar refractivity (Wildman–Crippen MR) is 120 cm³/mol. The number of rotatable bonds is 12. The van der Waals surface area contributed by atoms with Crippen molar-refractivity contribution < 1.29 is 42.5 Å². The Bertz CT molecular complexity index is 742. The molecule has 158 valence electrons. The first kappa shape index (κ1) is 28.6. The van der Waals surface area contributed by atoms with Gasteiger partial charge in [0, 0.05) is 5.39 Å². The third-order valence-electron chi connectivity index (χ3n) is 4.88. The fraction of sp³-hybridized carbons (Fsp3) is 0.542. The Morgan fingerprint density at radius 3 is 1.76 bits per heavy atom. The summed E-state index contributed by atoms with van der Waals surface area (Å²) in [6.45, 7) is 6.14. The van der Waals surface area contributed by atoms with Crippen molar-refractivity contribution >= 4 is 20.9 Å². The molecule has 0 bridgehead atoms. The van der Waals surface area contributed by atoms with Crippen molar-refractivity contribution in [3.8, 4) is 0 Å². The molecule has 0 radical (unpaired) electrons. The van der Waals surface area contributed by atoms with Crippen LogP contribution in [0.5, 0.6) is 0 Å². The van der Waals surface area contributed by atoms with Gasteiger partial charge in [-0.25, -0.2) is 0 Å². The van der Waals surface area contributed by atoms with Crippen LogP contribution in [0.1, 0.15) is 84.0 Å². The van der Waals surface area contributed by atoms with Gasteiger partial charge >= 0.3 is 29.6 Å². The average Bonchev–Trinajstić information content (AvgIpc) is 2.69. The molecule has 0 aromatic heterocycles. The van der Waals surface area contributed by atoms with E-state index in [1.807, 2.05) is 6.07 Å². The largest absolute Gasteiger partial charge is 1.00 e. The second-order valence-electron chi connectivity index (χ2n) is 7.34. The molecule has 0 fully saturated rings. The van der Waals surface area contributed by atoms with Gasteiger partial charge in [0.15, 0.2) is 0 Å². The molecule has 0 spiro atoms. The van der Waals surface area contributed by atoms with Gasteiger partial charge in [-0.15, -0.1) is 0 Å². The van der Waals surface area contributed by atoms with E-state index < -0.39 is 10.1 Å². The summed E-state index contributed by atoms with van der Waals surface area (Å²) in [4.78, 5) is -0.0457. The molecular weight excluding hydrogens is 391 g/mol. The van der Waals surface area contributed by atoms with Crippen molar-refractivity contribution in [3.05, 3.63) is 49.4 Å². The summed E-state index contributed by atoms with van der Waals surface area (Å²) >= 11 is 0. The molecular formula is C24H37NaO3S. The van der Waals surface area contributed by atoms with E-state index in [-0.39, 0.29) is 34.5 Å². The summed E-state index contributed by atoms with van der Waals surface area (Å²) in [5.41, 5.74) is 0. The molecule has 0 unspecified atom stereocenters. The average molecular weight is 429 g/mol. The summed E-state index contributed by atoms with van der Waals surface area (Å²) in [7, 11) is -4.13. The molecule has 1 N–H and O–H groups in total. The zero-order chi connectivity index (χ0) is 20.7. The van der Waals surface area contributed by atoms with Gasteiger partial charge in [0.1, 0.15) is 4.90 Å². The summed E-state index contributed by atoms with van der Waals surface area (Å²) in [5, 5.41) is 1.33. The molecule has 0 amide bonds. The minimum absolute atomic E-state index is 0. The molecule has 0 atom stereocenters. The minimum atomic E-state index is -4.13. The van der Waals surface area contributed by atoms with E-state index in [2.05, 4.69) is 13.8 Å². The Hall–Kier alpha value is -0.390. The monoisotopic (exact) mass is 428 g/mol. The van der Waals surface area contributed by atoms with Gasteiger partial charge < -0.3 is 6.92 Å². The van der Waals surface area contributed by atoms with Gasteiger partial charge in [-0.2, -0.15) is 14.8 Å². The molecule has 0 heterocycles. The first-order chi connectivity index (χ1) is 13.5. The van der Waals surface area contributed by atoms with Crippen molar-refractivity contribution in [1.29, 1.82) is 0 Å². The number of hydrogen-bond donors (Lipinski definition) is 1. The van der Waals surface area contributed by atoms with E-state index in [0.717, 1.165) is 11.8 Å². The van der Waals surface area contributed by atoms with Crippen LogP contribution in [0.15, 0.2) is 47.4 Å². The minimum Gasteiger partial charge on any atom is -0.343 e. The van der Waals surface area contributed by atoms with E-state index >= 15 is 0 Å². The number of benzene rings is 2. The third-order valence-corrected chi connectivity index (χ3v) is 5.79. The standard InChI is InChI=1S/C14H29.C10H8O3S.Na/c1-3-5-7-9-11-13-14-12-10-8-6-4-2;11-14(12,13)10-7-3-5-8-4-1-2-6-9(8)10;/h1,3-14H2,2H3;1-7H,(H,11,12,13);/q-1;;+1. The van der Waals surface area contributed by atoms with Crippen LogP contribution in [-0.4, -0.2) is 13.0 Å². The Morgan fingerprint density at radius 2 is 1.24 bits per heavy atom. The summed E-state index contributed by atoms with van der Waals surface area (Å²) in [6, 6.07) is 11.8. The topological polar surface area (TPSA) is 54.4 Å². The molecule has 0 aliphatic heterocycles. The van der Waals surface area contributed by atoms with E-state index in [1.165, 1.54) is 76.7 Å². The molecule has 29 heavy (non-hydrogen) atoms. The van der Waals surface area contributed by atoms with Crippen LogP contribution in [-0.2, 0) is 10.1 Å². The van der Waals surface area contributed by atoms with Gasteiger partial charge in [-0.3, -0.25) is 4.55 Å². The maximum absolute atomic E-state index is 11.0. The molecule has 2 aromatic carbocycles. The fourth-order valence-corrected chi connectivity index (χ4v) is 3.98. The Kier molecular flexibility index (Phi) is 17.1. The smallest absolute Gasteiger partial charge is 0.343 e. The quantitative estimate of drug-likeness (QED) is 0.232. The molecule has 2 rings (SSSR count). The summed E-state index contributed by atoms with van der Waals surface area (Å²) in [6.07, 6.45) is 16.9. The summed E-state index contributed by atoms with van der Waals surface area (Å²) in [5.74, 6) is 0. The third kappa shape index (κ3) is 12.8. The maximum Gasteiger partial charge on any atom is 1.00 e. The Morgan fingerprint density at radius 1 is 0.759 bits per heavy atom. The number of unbranched alkanes of at least 4 members (excludes halogenated alkanes) is 11. The molecule has 0 aliphatic carbocycles. The van der Waals surface area contributed by atoms with Crippen molar-refractivity contribution in [2.24, 2.45) is 0 Å². The summed E-state index contributed by atoms with van der Waals surface area (Å²) < 4.78 is 31.0. The van der Waals surface area contributed by atoms with Crippen molar-refractivity contribution in [1.82, 2.24) is 0 Å². The molecule has 0 aliphatic rings. The van der Waals surface area contributed by atoms with E-state index in [0.29, 0.717) is 5.39 Å². The van der Waals surface area contributed by atoms with Crippen LogP contribution in [0.3, 0.4) is 0 Å². The second kappa shape index (κ2) is 17.3. The zero-order valence-corrected chi connectivity index (χ0v) is 21.2. The first-order valence-electron chi connectivity index (χ1n) is 10.7. The molecule has 3 nitrogen and oxygen atoms in total. The zero-order valence-electron chi connectivity index (χ0n) is 18.4. The Labute approximate surface area is 200 Å². The van der Waals surface area contributed by atoms with Crippen LogP contribution in [0.2, 0.25) is 0 Å². The van der Waals surface area contributed by atoms with Crippen LogP contribution in [0.25, 0.3) is 10.8 Å². The van der Waals surface area contributed by atoms with Gasteiger partial charge in [0.05, 0.1) is 0 Å². The van der Waals surface area contributed by atoms with E-state index in [1.54, 1.807) is 30.3 Å². The second-order valence-corrected chi connectivity index (χ2v) is 8.73. The number of hydrogen-bond acceptors (Lipinski definition) is 2. The van der Waals surface area contributed by atoms with Crippen molar-refractivity contribution in [3.63, 3.8) is 0 Å². The maximum atomic E-state index is 11.0. The normalized spacial score (nSPS) is 10.9. The molecule has 0 saturated carbocycles. The van der Waals surface area contributed by atoms with Gasteiger partial charge in [-0.1, -0.05) is 114 Å². The fourth-order valence-electron chi connectivity index (χ4n) is 3.26.